The number of aryl methyl sites for hydroxylation is 1. The molecule has 0 spiro atoms. The lowest BCUT2D eigenvalue weighted by atomic mass is 9.93. The number of aliphatic hydroxyl groups excluding tert-OH is 1. The fraction of sp³-hybridized carbons (Fsp3) is 0.643. The molecule has 5 nitrogen and oxygen atoms in total. The van der Waals surface area contributed by atoms with Crippen molar-refractivity contribution >= 4 is 5.82 Å². The van der Waals surface area contributed by atoms with Crippen LogP contribution >= 0.6 is 0 Å². The number of hydrogen-bond acceptors (Lipinski definition) is 5. The highest BCUT2D eigenvalue weighted by atomic mass is 16.3. The predicted molar refractivity (Wildman–Crippen MR) is 72.8 cm³/mol. The number of rotatable bonds is 2. The third-order valence-electron chi connectivity index (χ3n) is 3.99. The highest BCUT2D eigenvalue weighted by Crippen LogP contribution is 2.27. The Morgan fingerprint density at radius 1 is 1.42 bits per heavy atom. The normalized spacial score (nSPS) is 21.0. The lowest BCUT2D eigenvalue weighted by Gasteiger charge is -2.35. The van der Waals surface area contributed by atoms with Gasteiger partial charge in [-0.1, -0.05) is 0 Å². The molecule has 2 unspecified atom stereocenters. The van der Waals surface area contributed by atoms with Gasteiger partial charge in [0.25, 0.3) is 0 Å². The van der Waals surface area contributed by atoms with E-state index in [9.17, 15) is 10.4 Å². The molecule has 19 heavy (non-hydrogen) atoms. The van der Waals surface area contributed by atoms with E-state index in [2.05, 4.69) is 21.2 Å². The largest absolute Gasteiger partial charge is 0.393 e. The van der Waals surface area contributed by atoms with E-state index in [-0.39, 0.29) is 12.0 Å². The minimum atomic E-state index is -0.326. The van der Waals surface area contributed by atoms with Crippen LogP contribution < -0.4 is 4.90 Å². The molecular weight excluding hydrogens is 240 g/mol. The highest BCUT2D eigenvalue weighted by molar-refractivity contribution is 5.57. The maximum Gasteiger partial charge on any atom is 0.169 e. The molecule has 2 heterocycles. The van der Waals surface area contributed by atoms with Gasteiger partial charge in [0.15, 0.2) is 5.82 Å². The van der Waals surface area contributed by atoms with Gasteiger partial charge < -0.3 is 10.0 Å². The number of piperidine rings is 1. The number of nitrogens with zero attached hydrogens (tertiary/aromatic N) is 4. The van der Waals surface area contributed by atoms with Crippen LogP contribution in [-0.2, 0) is 0 Å². The number of aliphatic hydroxyl groups is 1. The molecule has 0 saturated carbocycles. The zero-order valence-electron chi connectivity index (χ0n) is 11.7. The van der Waals surface area contributed by atoms with Gasteiger partial charge in [-0.2, -0.15) is 10.4 Å². The molecule has 0 radical (unpaired) electrons. The van der Waals surface area contributed by atoms with Gasteiger partial charge in [-0.15, -0.1) is 5.10 Å². The molecule has 1 aromatic rings. The summed E-state index contributed by atoms with van der Waals surface area (Å²) >= 11 is 0. The lowest BCUT2D eigenvalue weighted by molar-refractivity contribution is 0.115. The van der Waals surface area contributed by atoms with Crippen molar-refractivity contribution in [1.29, 1.82) is 5.26 Å². The maximum absolute atomic E-state index is 9.74. The smallest absolute Gasteiger partial charge is 0.169 e. The van der Waals surface area contributed by atoms with Gasteiger partial charge in [-0.25, -0.2) is 0 Å². The van der Waals surface area contributed by atoms with Crippen molar-refractivity contribution in [2.24, 2.45) is 5.92 Å². The summed E-state index contributed by atoms with van der Waals surface area (Å²) in [6, 6.07) is 2.24. The van der Waals surface area contributed by atoms with Crippen molar-refractivity contribution in [3.8, 4) is 6.07 Å². The molecule has 0 aromatic carbocycles. The van der Waals surface area contributed by atoms with Crippen LogP contribution in [-0.4, -0.2) is 34.5 Å². The fourth-order valence-corrected chi connectivity index (χ4v) is 2.55. The first-order valence-corrected chi connectivity index (χ1v) is 6.71. The fourth-order valence-electron chi connectivity index (χ4n) is 2.55. The summed E-state index contributed by atoms with van der Waals surface area (Å²) in [6.07, 6.45) is 1.71. The molecule has 2 atom stereocenters. The highest BCUT2D eigenvalue weighted by Gasteiger charge is 2.26. The van der Waals surface area contributed by atoms with Crippen LogP contribution in [0.4, 0.5) is 5.82 Å². The summed E-state index contributed by atoms with van der Waals surface area (Å²) < 4.78 is 0. The summed E-state index contributed by atoms with van der Waals surface area (Å²) in [4.78, 5) is 2.08. The molecule has 1 fully saturated rings. The van der Waals surface area contributed by atoms with Crippen molar-refractivity contribution in [3.63, 3.8) is 0 Å². The molecule has 1 N–H and O–H groups in total. The Morgan fingerprint density at radius 2 is 2.16 bits per heavy atom. The Bertz CT molecular complexity index is 507. The second-order valence-corrected chi connectivity index (χ2v) is 5.31. The summed E-state index contributed by atoms with van der Waals surface area (Å²) in [5.74, 6) is 0.902. The van der Waals surface area contributed by atoms with Crippen LogP contribution in [0.2, 0.25) is 0 Å². The van der Waals surface area contributed by atoms with Gasteiger partial charge in [-0.05, 0) is 39.2 Å². The first-order valence-electron chi connectivity index (χ1n) is 6.71. The van der Waals surface area contributed by atoms with E-state index in [1.54, 1.807) is 0 Å². The molecule has 0 aliphatic carbocycles. The molecule has 0 bridgehead atoms. The summed E-state index contributed by atoms with van der Waals surface area (Å²) in [6.45, 7) is 7.20. The van der Waals surface area contributed by atoms with Crippen LogP contribution in [0.1, 0.15) is 36.6 Å². The second kappa shape index (κ2) is 5.54. The average molecular weight is 260 g/mol. The van der Waals surface area contributed by atoms with Crippen LogP contribution in [0.5, 0.6) is 0 Å². The van der Waals surface area contributed by atoms with Crippen molar-refractivity contribution in [3.05, 3.63) is 16.8 Å². The summed E-state index contributed by atoms with van der Waals surface area (Å²) in [7, 11) is 0. The minimum Gasteiger partial charge on any atom is -0.393 e. The number of anilines is 1. The molecular formula is C14H20N4O. The first-order chi connectivity index (χ1) is 9.04. The SMILES string of the molecule is Cc1nnc(N2CCCC(C(C)O)C2)c(C#N)c1C. The third-order valence-corrected chi connectivity index (χ3v) is 3.99. The Balaban J connectivity index is 2.32. The molecule has 0 amide bonds. The van der Waals surface area contributed by atoms with E-state index in [0.717, 1.165) is 37.2 Å². The number of aromatic nitrogens is 2. The minimum absolute atomic E-state index is 0.240. The van der Waals surface area contributed by atoms with Gasteiger partial charge in [-0.3, -0.25) is 0 Å². The van der Waals surface area contributed by atoms with Crippen LogP contribution in [0.3, 0.4) is 0 Å². The van der Waals surface area contributed by atoms with E-state index < -0.39 is 0 Å². The van der Waals surface area contributed by atoms with Crippen LogP contribution in [0.15, 0.2) is 0 Å². The summed E-state index contributed by atoms with van der Waals surface area (Å²) in [5, 5.41) is 27.4. The van der Waals surface area contributed by atoms with Crippen molar-refractivity contribution in [2.45, 2.75) is 39.7 Å². The molecule has 1 aromatic heterocycles. The van der Waals surface area contributed by atoms with Crippen molar-refractivity contribution in [2.75, 3.05) is 18.0 Å². The lowest BCUT2D eigenvalue weighted by Crippen LogP contribution is -2.40. The van der Waals surface area contributed by atoms with E-state index >= 15 is 0 Å². The Morgan fingerprint density at radius 3 is 2.79 bits per heavy atom. The molecule has 1 aliphatic heterocycles. The number of hydrogen-bond donors (Lipinski definition) is 1. The van der Waals surface area contributed by atoms with E-state index in [1.165, 1.54) is 0 Å². The van der Waals surface area contributed by atoms with E-state index in [1.807, 2.05) is 20.8 Å². The third kappa shape index (κ3) is 2.69. The molecule has 5 heteroatoms. The zero-order valence-corrected chi connectivity index (χ0v) is 11.7. The standard InChI is InChI=1S/C14H20N4O/c1-9-10(2)16-17-14(13(9)7-15)18-6-4-5-12(8-18)11(3)19/h11-12,19H,4-6,8H2,1-3H3. The molecule has 1 aliphatic rings. The van der Waals surface area contributed by atoms with E-state index in [0.29, 0.717) is 11.4 Å². The van der Waals surface area contributed by atoms with Crippen molar-refractivity contribution in [1.82, 2.24) is 10.2 Å². The van der Waals surface area contributed by atoms with Gasteiger partial charge in [0.2, 0.25) is 0 Å². The van der Waals surface area contributed by atoms with Gasteiger partial charge in [0.05, 0.1) is 11.8 Å². The zero-order chi connectivity index (χ0) is 14.0. The molecule has 1 saturated heterocycles. The van der Waals surface area contributed by atoms with E-state index in [4.69, 9.17) is 0 Å². The molecule has 2 rings (SSSR count). The van der Waals surface area contributed by atoms with Crippen molar-refractivity contribution < 1.29 is 5.11 Å². The van der Waals surface area contributed by atoms with Gasteiger partial charge >= 0.3 is 0 Å². The average Bonchev–Trinajstić information content (AvgIpc) is 2.41. The monoisotopic (exact) mass is 260 g/mol. The van der Waals surface area contributed by atoms with Crippen LogP contribution in [0.25, 0.3) is 0 Å². The second-order valence-electron chi connectivity index (χ2n) is 5.31. The quantitative estimate of drug-likeness (QED) is 0.873. The maximum atomic E-state index is 9.74. The number of nitriles is 1. The topological polar surface area (TPSA) is 73.0 Å². The Labute approximate surface area is 113 Å². The first kappa shape index (κ1) is 13.8. The predicted octanol–water partition coefficient (Wildman–Crippen LogP) is 1.56. The summed E-state index contributed by atoms with van der Waals surface area (Å²) in [5.41, 5.74) is 2.30. The van der Waals surface area contributed by atoms with Gasteiger partial charge in [0.1, 0.15) is 11.6 Å². The Kier molecular flexibility index (Phi) is 4.01. The Hall–Kier alpha value is -1.67. The van der Waals surface area contributed by atoms with Crippen LogP contribution in [0, 0.1) is 31.1 Å². The van der Waals surface area contributed by atoms with Gasteiger partial charge in [0, 0.05) is 19.0 Å². The molecule has 102 valence electrons.